The third-order valence-electron chi connectivity index (χ3n) is 3.32. The van der Waals surface area contributed by atoms with Gasteiger partial charge in [-0.2, -0.15) is 9.78 Å². The molecule has 7 nitrogen and oxygen atoms in total. The zero-order chi connectivity index (χ0) is 15.0. The lowest BCUT2D eigenvalue weighted by molar-refractivity contribution is 0.0898. The Kier molecular flexibility index (Phi) is 3.11. The van der Waals surface area contributed by atoms with Crippen molar-refractivity contribution in [1.82, 2.24) is 20.2 Å². The van der Waals surface area contributed by atoms with E-state index in [2.05, 4.69) is 15.5 Å². The topological polar surface area (TPSA) is 103 Å². The van der Waals surface area contributed by atoms with Crippen molar-refractivity contribution in [3.63, 3.8) is 0 Å². The fourth-order valence-corrected chi connectivity index (χ4v) is 2.27. The van der Waals surface area contributed by atoms with Crippen LogP contribution in [-0.2, 0) is 0 Å². The molecule has 2 aromatic heterocycles. The number of amides is 1. The number of benzene rings is 1. The number of carbonyl (C=O) groups is 2. The van der Waals surface area contributed by atoms with Crippen molar-refractivity contribution in [2.45, 2.75) is 13.3 Å². The van der Waals surface area contributed by atoms with Crippen LogP contribution < -0.4 is 11.3 Å². The van der Waals surface area contributed by atoms with Gasteiger partial charge >= 0.3 is 0 Å². The largest absolute Gasteiger partial charge is 0.290 e. The molecule has 0 aliphatic heterocycles. The first-order valence-corrected chi connectivity index (χ1v) is 6.46. The number of fused-ring (bicyclic) bond motifs is 3. The Labute approximate surface area is 119 Å². The van der Waals surface area contributed by atoms with E-state index in [1.165, 1.54) is 4.68 Å². The van der Waals surface area contributed by atoms with Gasteiger partial charge in [0.05, 0.1) is 17.2 Å². The van der Waals surface area contributed by atoms with Gasteiger partial charge in [0, 0.05) is 29.0 Å². The summed E-state index contributed by atoms with van der Waals surface area (Å²) in [7, 11) is 0. The van der Waals surface area contributed by atoms with E-state index in [4.69, 9.17) is 5.84 Å². The van der Waals surface area contributed by atoms with Crippen molar-refractivity contribution in [1.29, 1.82) is 0 Å². The molecule has 7 heteroatoms. The van der Waals surface area contributed by atoms with Gasteiger partial charge in [-0.1, -0.05) is 6.92 Å². The molecule has 3 N–H and O–H groups in total. The summed E-state index contributed by atoms with van der Waals surface area (Å²) in [5.74, 6) is 4.63. The van der Waals surface area contributed by atoms with E-state index in [9.17, 15) is 9.59 Å². The van der Waals surface area contributed by atoms with Crippen molar-refractivity contribution >= 4 is 33.6 Å². The summed E-state index contributed by atoms with van der Waals surface area (Å²) in [5.41, 5.74) is 3.82. The monoisotopic (exact) mass is 283 g/mol. The zero-order valence-electron chi connectivity index (χ0n) is 11.3. The number of carbonyl (C=O) groups excluding carboxylic acids is 2. The minimum Gasteiger partial charge on any atom is -0.290 e. The van der Waals surface area contributed by atoms with Crippen LogP contribution >= 0.6 is 0 Å². The number of nitrogens with zero attached hydrogens (tertiary/aromatic N) is 3. The summed E-state index contributed by atoms with van der Waals surface area (Å²) in [4.78, 5) is 28.0. The van der Waals surface area contributed by atoms with E-state index < -0.39 is 5.91 Å². The molecule has 1 amide bonds. The van der Waals surface area contributed by atoms with Gasteiger partial charge in [0.2, 0.25) is 5.91 Å². The zero-order valence-corrected chi connectivity index (χ0v) is 11.3. The maximum atomic E-state index is 12.0. The lowest BCUT2D eigenvalue weighted by atomic mass is 10.1. The molecule has 2 heterocycles. The summed E-state index contributed by atoms with van der Waals surface area (Å²) < 4.78 is 1.35. The quantitative estimate of drug-likeness (QED) is 0.418. The smallest absolute Gasteiger partial charge is 0.265 e. The number of pyridine rings is 1. The predicted molar refractivity (Wildman–Crippen MR) is 77.6 cm³/mol. The molecule has 21 heavy (non-hydrogen) atoms. The number of aromatic nitrogens is 3. The molecule has 0 aliphatic carbocycles. The molecule has 0 atom stereocenters. The summed E-state index contributed by atoms with van der Waals surface area (Å²) in [6, 6.07) is 5.01. The van der Waals surface area contributed by atoms with Crippen molar-refractivity contribution in [2.75, 3.05) is 0 Å². The SMILES string of the molecule is CCC(=O)n1ncc2cnc3ccc(C(=O)NN)cc3c21. The maximum absolute atomic E-state index is 12.0. The Morgan fingerprint density at radius 3 is 2.86 bits per heavy atom. The first-order valence-electron chi connectivity index (χ1n) is 6.46. The number of hydrazine groups is 1. The first-order chi connectivity index (χ1) is 10.2. The van der Waals surface area contributed by atoms with Crippen LogP contribution in [0.25, 0.3) is 21.8 Å². The molecule has 0 spiro atoms. The molecule has 0 saturated heterocycles. The van der Waals surface area contributed by atoms with Crippen LogP contribution in [0, 0.1) is 0 Å². The van der Waals surface area contributed by atoms with Crippen LogP contribution in [0.5, 0.6) is 0 Å². The van der Waals surface area contributed by atoms with E-state index >= 15 is 0 Å². The fraction of sp³-hybridized carbons (Fsp3) is 0.143. The Balaban J connectivity index is 2.36. The van der Waals surface area contributed by atoms with Gasteiger partial charge in [0.15, 0.2) is 0 Å². The second-order valence-electron chi connectivity index (χ2n) is 4.57. The molecule has 3 rings (SSSR count). The number of nitrogen functional groups attached to an aromatic ring is 1. The third-order valence-corrected chi connectivity index (χ3v) is 3.32. The van der Waals surface area contributed by atoms with Crippen molar-refractivity contribution in [3.8, 4) is 0 Å². The van der Waals surface area contributed by atoms with Crippen molar-refractivity contribution in [3.05, 3.63) is 36.2 Å². The highest BCUT2D eigenvalue weighted by Gasteiger charge is 2.14. The summed E-state index contributed by atoms with van der Waals surface area (Å²) in [5, 5.41) is 5.55. The maximum Gasteiger partial charge on any atom is 0.265 e. The molecule has 0 fully saturated rings. The Bertz CT molecular complexity index is 868. The van der Waals surface area contributed by atoms with Gasteiger partial charge in [0.25, 0.3) is 5.91 Å². The Morgan fingerprint density at radius 1 is 1.33 bits per heavy atom. The highest BCUT2D eigenvalue weighted by atomic mass is 16.2. The average molecular weight is 283 g/mol. The minimum absolute atomic E-state index is 0.119. The van der Waals surface area contributed by atoms with E-state index in [1.807, 2.05) is 0 Å². The van der Waals surface area contributed by atoms with Gasteiger partial charge in [0.1, 0.15) is 0 Å². The molecule has 0 radical (unpaired) electrons. The van der Waals surface area contributed by atoms with Gasteiger partial charge in [-0.05, 0) is 18.2 Å². The highest BCUT2D eigenvalue weighted by molar-refractivity contribution is 6.09. The highest BCUT2D eigenvalue weighted by Crippen LogP contribution is 2.24. The Morgan fingerprint density at radius 2 is 2.14 bits per heavy atom. The minimum atomic E-state index is -0.401. The molecule has 0 saturated carbocycles. The third kappa shape index (κ3) is 2.03. The molecule has 0 unspecified atom stereocenters. The molecule has 1 aromatic carbocycles. The lowest BCUT2D eigenvalue weighted by Crippen LogP contribution is -2.29. The van der Waals surface area contributed by atoms with Gasteiger partial charge in [-0.15, -0.1) is 0 Å². The first kappa shape index (κ1) is 13.2. The number of nitrogens with one attached hydrogen (secondary N) is 1. The molecule has 3 aromatic rings. The summed E-state index contributed by atoms with van der Waals surface area (Å²) in [6.45, 7) is 1.77. The number of hydrogen-bond acceptors (Lipinski definition) is 5. The van der Waals surface area contributed by atoms with E-state index in [0.29, 0.717) is 28.4 Å². The standard InChI is InChI=1S/C14H13N5O2/c1-2-12(20)19-13-9(7-17-19)6-16-11-4-3-8(5-10(11)13)14(21)18-15/h3-7H,2,15H2,1H3,(H,18,21). The van der Waals surface area contributed by atoms with Crippen LogP contribution in [0.2, 0.25) is 0 Å². The van der Waals surface area contributed by atoms with Crippen LogP contribution in [0.3, 0.4) is 0 Å². The molecule has 0 aliphatic rings. The molecule has 106 valence electrons. The van der Waals surface area contributed by atoms with Crippen LogP contribution in [0.1, 0.15) is 28.5 Å². The van der Waals surface area contributed by atoms with Crippen LogP contribution in [0.4, 0.5) is 0 Å². The predicted octanol–water partition coefficient (Wildman–Crippen LogP) is 1.24. The second-order valence-corrected chi connectivity index (χ2v) is 4.57. The lowest BCUT2D eigenvalue weighted by Gasteiger charge is -2.05. The van der Waals surface area contributed by atoms with Gasteiger partial charge < -0.3 is 0 Å². The molecular weight excluding hydrogens is 270 g/mol. The van der Waals surface area contributed by atoms with Gasteiger partial charge in [-0.25, -0.2) is 5.84 Å². The van der Waals surface area contributed by atoms with E-state index in [1.54, 1.807) is 37.5 Å². The second kappa shape index (κ2) is 4.95. The molecule has 0 bridgehead atoms. The normalized spacial score (nSPS) is 11.0. The Hall–Kier alpha value is -2.80. The van der Waals surface area contributed by atoms with Crippen molar-refractivity contribution in [2.24, 2.45) is 5.84 Å². The van der Waals surface area contributed by atoms with Crippen LogP contribution in [0.15, 0.2) is 30.6 Å². The summed E-state index contributed by atoms with van der Waals surface area (Å²) >= 11 is 0. The van der Waals surface area contributed by atoms with Crippen LogP contribution in [-0.4, -0.2) is 26.6 Å². The van der Waals surface area contributed by atoms with E-state index in [0.717, 1.165) is 5.39 Å². The fourth-order valence-electron chi connectivity index (χ4n) is 2.27. The number of nitrogens with two attached hydrogens (primary N) is 1. The number of hydrogen-bond donors (Lipinski definition) is 2. The number of rotatable bonds is 2. The molecular formula is C14H13N5O2. The summed E-state index contributed by atoms with van der Waals surface area (Å²) in [6.07, 6.45) is 3.58. The van der Waals surface area contributed by atoms with E-state index in [-0.39, 0.29) is 5.91 Å². The van der Waals surface area contributed by atoms with Crippen molar-refractivity contribution < 1.29 is 9.59 Å². The average Bonchev–Trinajstić information content (AvgIpc) is 2.97. The van der Waals surface area contributed by atoms with Gasteiger partial charge in [-0.3, -0.25) is 20.0 Å².